The molecule has 0 saturated heterocycles. The summed E-state index contributed by atoms with van der Waals surface area (Å²) >= 11 is 0. The lowest BCUT2D eigenvalue weighted by atomic mass is 10.1. The predicted molar refractivity (Wildman–Crippen MR) is 86.2 cm³/mol. The maximum absolute atomic E-state index is 12.4. The van der Waals surface area contributed by atoms with Gasteiger partial charge in [0.05, 0.1) is 10.9 Å². The number of carbonyl (C=O) groups excluding carboxylic acids is 1. The van der Waals surface area contributed by atoms with Crippen molar-refractivity contribution in [2.24, 2.45) is 0 Å². The molecule has 116 valence electrons. The van der Waals surface area contributed by atoms with Gasteiger partial charge < -0.3 is 5.32 Å². The maximum Gasteiger partial charge on any atom is 0.261 e. The van der Waals surface area contributed by atoms with Gasteiger partial charge in [0.15, 0.2) is 0 Å². The molecule has 0 bridgehead atoms. The minimum atomic E-state index is -0.106. The van der Waals surface area contributed by atoms with Crippen LogP contribution in [-0.4, -0.2) is 21.5 Å². The number of nitrogens with one attached hydrogen (secondary N) is 1. The molecule has 0 fully saturated rings. The number of benzene rings is 1. The van der Waals surface area contributed by atoms with E-state index in [1.807, 2.05) is 6.92 Å². The third-order valence-corrected chi connectivity index (χ3v) is 4.18. The molecule has 0 saturated carbocycles. The van der Waals surface area contributed by atoms with E-state index in [0.717, 1.165) is 38.1 Å². The lowest BCUT2D eigenvalue weighted by Crippen LogP contribution is -2.32. The topological polar surface area (TPSA) is 64.0 Å². The standard InChI is InChI=1S/C17H21N3O2/c1-3-5-11(2)18-16(21)12-7-8-13-14(10-12)19-15-6-4-9-20(15)17(13)22/h7-8,10-11H,3-6,9H2,1-2H3,(H,18,21). The number of aromatic nitrogens is 2. The Hall–Kier alpha value is -2.17. The second-order valence-electron chi connectivity index (χ2n) is 5.98. The van der Waals surface area contributed by atoms with Crippen molar-refractivity contribution in [2.45, 2.75) is 52.1 Å². The molecule has 3 rings (SSSR count). The Bertz CT molecular complexity index is 779. The van der Waals surface area contributed by atoms with Crippen molar-refractivity contribution in [2.75, 3.05) is 0 Å². The zero-order chi connectivity index (χ0) is 15.7. The molecule has 2 heterocycles. The minimum Gasteiger partial charge on any atom is -0.350 e. The number of hydrogen-bond acceptors (Lipinski definition) is 3. The molecule has 1 unspecified atom stereocenters. The molecule has 1 aliphatic rings. The van der Waals surface area contributed by atoms with Crippen LogP contribution in [0.15, 0.2) is 23.0 Å². The van der Waals surface area contributed by atoms with Crippen molar-refractivity contribution in [3.63, 3.8) is 0 Å². The zero-order valence-corrected chi connectivity index (χ0v) is 13.1. The smallest absolute Gasteiger partial charge is 0.261 e. The van der Waals surface area contributed by atoms with Crippen LogP contribution in [0.3, 0.4) is 0 Å². The fourth-order valence-electron chi connectivity index (χ4n) is 3.04. The van der Waals surface area contributed by atoms with E-state index in [1.165, 1.54) is 0 Å². The van der Waals surface area contributed by atoms with Gasteiger partial charge in [-0.25, -0.2) is 4.98 Å². The van der Waals surface area contributed by atoms with Crippen LogP contribution < -0.4 is 10.9 Å². The van der Waals surface area contributed by atoms with E-state index in [4.69, 9.17) is 0 Å². The van der Waals surface area contributed by atoms with Gasteiger partial charge in [-0.1, -0.05) is 13.3 Å². The van der Waals surface area contributed by atoms with Gasteiger partial charge in [0, 0.05) is 24.6 Å². The van der Waals surface area contributed by atoms with Crippen molar-refractivity contribution in [3.05, 3.63) is 39.9 Å². The lowest BCUT2D eigenvalue weighted by Gasteiger charge is -2.13. The molecular weight excluding hydrogens is 278 g/mol. The molecule has 1 aliphatic heterocycles. The highest BCUT2D eigenvalue weighted by Crippen LogP contribution is 2.16. The Morgan fingerprint density at radius 2 is 2.27 bits per heavy atom. The first-order valence-corrected chi connectivity index (χ1v) is 7.94. The average molecular weight is 299 g/mol. The number of amides is 1. The number of aryl methyl sites for hydroxylation is 1. The van der Waals surface area contributed by atoms with Crippen LogP contribution in [0.2, 0.25) is 0 Å². The Morgan fingerprint density at radius 1 is 1.45 bits per heavy atom. The highest BCUT2D eigenvalue weighted by molar-refractivity contribution is 5.97. The third kappa shape index (κ3) is 2.63. The van der Waals surface area contributed by atoms with E-state index in [-0.39, 0.29) is 17.5 Å². The molecule has 0 aliphatic carbocycles. The van der Waals surface area contributed by atoms with Gasteiger partial charge in [-0.05, 0) is 38.0 Å². The summed E-state index contributed by atoms with van der Waals surface area (Å²) < 4.78 is 1.74. The summed E-state index contributed by atoms with van der Waals surface area (Å²) in [5, 5.41) is 3.57. The third-order valence-electron chi connectivity index (χ3n) is 4.18. The maximum atomic E-state index is 12.4. The Kier molecular flexibility index (Phi) is 3.96. The Morgan fingerprint density at radius 3 is 3.05 bits per heavy atom. The molecule has 22 heavy (non-hydrogen) atoms. The first kappa shape index (κ1) is 14.8. The molecule has 1 aromatic heterocycles. The molecule has 1 amide bonds. The van der Waals surface area contributed by atoms with Crippen LogP contribution in [0.4, 0.5) is 0 Å². The van der Waals surface area contributed by atoms with Gasteiger partial charge >= 0.3 is 0 Å². The zero-order valence-electron chi connectivity index (χ0n) is 13.1. The second kappa shape index (κ2) is 5.91. The van der Waals surface area contributed by atoms with Crippen molar-refractivity contribution < 1.29 is 4.79 Å². The van der Waals surface area contributed by atoms with Crippen LogP contribution in [-0.2, 0) is 13.0 Å². The highest BCUT2D eigenvalue weighted by Gasteiger charge is 2.17. The number of hydrogen-bond donors (Lipinski definition) is 1. The van der Waals surface area contributed by atoms with Gasteiger partial charge in [0.25, 0.3) is 11.5 Å². The van der Waals surface area contributed by atoms with Crippen molar-refractivity contribution >= 4 is 16.8 Å². The van der Waals surface area contributed by atoms with Gasteiger partial charge in [0.2, 0.25) is 0 Å². The number of fused-ring (bicyclic) bond motifs is 2. The molecule has 5 nitrogen and oxygen atoms in total. The predicted octanol–water partition coefficient (Wildman–Crippen LogP) is 2.26. The van der Waals surface area contributed by atoms with Crippen LogP contribution in [0.1, 0.15) is 49.3 Å². The summed E-state index contributed by atoms with van der Waals surface area (Å²) in [5.74, 6) is 0.722. The van der Waals surface area contributed by atoms with Crippen molar-refractivity contribution in [1.82, 2.24) is 14.9 Å². The molecule has 1 atom stereocenters. The second-order valence-corrected chi connectivity index (χ2v) is 5.98. The van der Waals surface area contributed by atoms with Crippen LogP contribution >= 0.6 is 0 Å². The van der Waals surface area contributed by atoms with Crippen molar-refractivity contribution in [3.8, 4) is 0 Å². The highest BCUT2D eigenvalue weighted by atomic mass is 16.1. The van der Waals surface area contributed by atoms with E-state index < -0.39 is 0 Å². The monoisotopic (exact) mass is 299 g/mol. The summed E-state index contributed by atoms with van der Waals surface area (Å²) in [7, 11) is 0. The Balaban J connectivity index is 1.95. The van der Waals surface area contributed by atoms with E-state index >= 15 is 0 Å². The van der Waals surface area contributed by atoms with Gasteiger partial charge in [-0.15, -0.1) is 0 Å². The van der Waals surface area contributed by atoms with E-state index in [0.29, 0.717) is 16.5 Å². The van der Waals surface area contributed by atoms with Crippen LogP contribution in [0.25, 0.3) is 10.9 Å². The molecule has 0 spiro atoms. The van der Waals surface area contributed by atoms with E-state index in [2.05, 4.69) is 17.2 Å². The SMILES string of the molecule is CCCC(C)NC(=O)c1ccc2c(=O)n3c(nc2c1)CCC3. The fourth-order valence-corrected chi connectivity index (χ4v) is 3.04. The number of nitrogens with zero attached hydrogens (tertiary/aromatic N) is 2. The number of carbonyl (C=O) groups is 1. The fraction of sp³-hybridized carbons (Fsp3) is 0.471. The summed E-state index contributed by atoms with van der Waals surface area (Å²) in [6, 6.07) is 5.30. The molecule has 2 aromatic rings. The molecule has 1 N–H and O–H groups in total. The molecule has 5 heteroatoms. The summed E-state index contributed by atoms with van der Waals surface area (Å²) in [4.78, 5) is 29.2. The van der Waals surface area contributed by atoms with E-state index in [9.17, 15) is 9.59 Å². The first-order chi connectivity index (χ1) is 10.6. The minimum absolute atomic E-state index is 0.00353. The summed E-state index contributed by atoms with van der Waals surface area (Å²) in [6.45, 7) is 4.84. The average Bonchev–Trinajstić information content (AvgIpc) is 2.95. The van der Waals surface area contributed by atoms with Crippen LogP contribution in [0.5, 0.6) is 0 Å². The van der Waals surface area contributed by atoms with Gasteiger partial charge in [-0.2, -0.15) is 0 Å². The van der Waals surface area contributed by atoms with Gasteiger partial charge in [-0.3, -0.25) is 14.2 Å². The van der Waals surface area contributed by atoms with Crippen molar-refractivity contribution in [1.29, 1.82) is 0 Å². The van der Waals surface area contributed by atoms with Crippen LogP contribution in [0, 0.1) is 0 Å². The largest absolute Gasteiger partial charge is 0.350 e. The quantitative estimate of drug-likeness (QED) is 0.942. The van der Waals surface area contributed by atoms with Gasteiger partial charge in [0.1, 0.15) is 5.82 Å². The van der Waals surface area contributed by atoms with E-state index in [1.54, 1.807) is 22.8 Å². The summed E-state index contributed by atoms with van der Waals surface area (Å²) in [6.07, 6.45) is 3.77. The Labute approximate surface area is 129 Å². The normalized spacial score (nSPS) is 14.8. The molecular formula is C17H21N3O2. The summed E-state index contributed by atoms with van der Waals surface area (Å²) in [5.41, 5.74) is 1.18. The molecule has 1 aromatic carbocycles. The molecule has 0 radical (unpaired) electrons. The lowest BCUT2D eigenvalue weighted by molar-refractivity contribution is 0.0938. The first-order valence-electron chi connectivity index (χ1n) is 7.94. The number of rotatable bonds is 4.